The molecular formula is C20H28F2N2O2. The molecule has 2 unspecified atom stereocenters. The molecule has 1 aromatic carbocycles. The van der Waals surface area contributed by atoms with Crippen LogP contribution in [-0.2, 0) is 9.53 Å². The Morgan fingerprint density at radius 2 is 1.92 bits per heavy atom. The molecule has 2 fully saturated rings. The van der Waals surface area contributed by atoms with Crippen molar-refractivity contribution in [2.24, 2.45) is 5.73 Å². The molecule has 1 saturated carbocycles. The van der Waals surface area contributed by atoms with Gasteiger partial charge in [-0.1, -0.05) is 6.07 Å². The van der Waals surface area contributed by atoms with Gasteiger partial charge in [-0.05, 0) is 62.1 Å². The van der Waals surface area contributed by atoms with Gasteiger partial charge in [0.1, 0.15) is 0 Å². The first-order valence-electron chi connectivity index (χ1n) is 9.55. The first-order chi connectivity index (χ1) is 12.5. The molecule has 2 aliphatic rings. The van der Waals surface area contributed by atoms with Gasteiger partial charge in [0.2, 0.25) is 5.91 Å². The second-order valence-corrected chi connectivity index (χ2v) is 7.57. The Kier molecular flexibility index (Phi) is 6.24. The standard InChI is InChI=1S/C20H28F2N2O2/c1-13(25)24-10-2-3-19(23)20(24)12-26-16-7-4-14(5-8-16)15-6-9-17(21)18(22)11-15/h6,9,11,14,16,19-20H,2-5,7-8,10,12,23H2,1H3. The quantitative estimate of drug-likeness (QED) is 0.889. The number of nitrogens with zero attached hydrogens (tertiary/aromatic N) is 1. The maximum absolute atomic E-state index is 13.4. The van der Waals surface area contributed by atoms with E-state index in [9.17, 15) is 13.6 Å². The summed E-state index contributed by atoms with van der Waals surface area (Å²) >= 11 is 0. The number of ether oxygens (including phenoxy) is 1. The normalized spacial score (nSPS) is 29.6. The van der Waals surface area contributed by atoms with Crippen LogP contribution in [0.2, 0.25) is 0 Å². The van der Waals surface area contributed by atoms with Gasteiger partial charge in [0.15, 0.2) is 11.6 Å². The fraction of sp³-hybridized carbons (Fsp3) is 0.650. The van der Waals surface area contributed by atoms with E-state index in [1.54, 1.807) is 13.0 Å². The number of rotatable bonds is 4. The summed E-state index contributed by atoms with van der Waals surface area (Å²) in [5.74, 6) is -1.28. The molecule has 144 valence electrons. The summed E-state index contributed by atoms with van der Waals surface area (Å²) in [6, 6.07) is 4.10. The van der Waals surface area contributed by atoms with Gasteiger partial charge in [0.25, 0.3) is 0 Å². The summed E-state index contributed by atoms with van der Waals surface area (Å²) < 4.78 is 32.6. The van der Waals surface area contributed by atoms with Crippen LogP contribution in [0, 0.1) is 11.6 Å². The summed E-state index contributed by atoms with van der Waals surface area (Å²) in [6.07, 6.45) is 5.54. The van der Waals surface area contributed by atoms with E-state index < -0.39 is 11.6 Å². The molecule has 1 saturated heterocycles. The number of hydrogen-bond donors (Lipinski definition) is 1. The lowest BCUT2D eigenvalue weighted by Gasteiger charge is -2.40. The Morgan fingerprint density at radius 3 is 2.58 bits per heavy atom. The molecular weight excluding hydrogens is 338 g/mol. The Labute approximate surface area is 153 Å². The summed E-state index contributed by atoms with van der Waals surface area (Å²) in [7, 11) is 0. The van der Waals surface area contributed by atoms with Gasteiger partial charge < -0.3 is 15.4 Å². The molecule has 26 heavy (non-hydrogen) atoms. The molecule has 1 amide bonds. The van der Waals surface area contributed by atoms with E-state index in [0.717, 1.165) is 50.6 Å². The van der Waals surface area contributed by atoms with E-state index in [1.807, 2.05) is 4.90 Å². The minimum Gasteiger partial charge on any atom is -0.376 e. The van der Waals surface area contributed by atoms with Gasteiger partial charge in [-0.3, -0.25) is 4.79 Å². The van der Waals surface area contributed by atoms with Crippen LogP contribution in [0.3, 0.4) is 0 Å². The smallest absolute Gasteiger partial charge is 0.219 e. The summed E-state index contributed by atoms with van der Waals surface area (Å²) in [6.45, 7) is 2.80. The third-order valence-electron chi connectivity index (χ3n) is 5.83. The molecule has 1 aromatic rings. The van der Waals surface area contributed by atoms with Crippen LogP contribution < -0.4 is 5.73 Å². The van der Waals surface area contributed by atoms with Crippen LogP contribution in [0.15, 0.2) is 18.2 Å². The first kappa shape index (κ1) is 19.2. The lowest BCUT2D eigenvalue weighted by molar-refractivity contribution is -0.135. The monoisotopic (exact) mass is 366 g/mol. The van der Waals surface area contributed by atoms with Crippen LogP contribution in [-0.4, -0.2) is 42.1 Å². The predicted octanol–water partition coefficient (Wildman–Crippen LogP) is 3.35. The second kappa shape index (κ2) is 8.44. The molecule has 3 rings (SSSR count). The fourth-order valence-corrected chi connectivity index (χ4v) is 4.26. The number of likely N-dealkylation sites (tertiary alicyclic amines) is 1. The fourth-order valence-electron chi connectivity index (χ4n) is 4.26. The highest BCUT2D eigenvalue weighted by molar-refractivity contribution is 5.73. The van der Waals surface area contributed by atoms with Crippen molar-refractivity contribution in [1.82, 2.24) is 4.90 Å². The molecule has 1 aliphatic carbocycles. The van der Waals surface area contributed by atoms with Crippen molar-refractivity contribution >= 4 is 5.91 Å². The summed E-state index contributed by atoms with van der Waals surface area (Å²) in [4.78, 5) is 13.6. The van der Waals surface area contributed by atoms with E-state index in [0.29, 0.717) is 6.61 Å². The molecule has 0 radical (unpaired) electrons. The lowest BCUT2D eigenvalue weighted by Crippen LogP contribution is -2.56. The van der Waals surface area contributed by atoms with Crippen molar-refractivity contribution in [1.29, 1.82) is 0 Å². The van der Waals surface area contributed by atoms with Crippen molar-refractivity contribution in [2.75, 3.05) is 13.2 Å². The Bertz CT molecular complexity index is 632. The Morgan fingerprint density at radius 1 is 1.19 bits per heavy atom. The van der Waals surface area contributed by atoms with Crippen LogP contribution in [0.1, 0.15) is 56.9 Å². The molecule has 0 bridgehead atoms. The molecule has 2 N–H and O–H groups in total. The van der Waals surface area contributed by atoms with Crippen molar-refractivity contribution in [3.63, 3.8) is 0 Å². The third kappa shape index (κ3) is 4.41. The molecule has 6 heteroatoms. The van der Waals surface area contributed by atoms with Crippen LogP contribution in [0.5, 0.6) is 0 Å². The highest BCUT2D eigenvalue weighted by Crippen LogP contribution is 2.34. The number of amides is 1. The van der Waals surface area contributed by atoms with Crippen molar-refractivity contribution in [3.05, 3.63) is 35.4 Å². The SMILES string of the molecule is CC(=O)N1CCCC(N)C1COC1CCC(c2ccc(F)c(F)c2)CC1. The lowest BCUT2D eigenvalue weighted by atomic mass is 9.82. The number of carbonyl (C=O) groups excluding carboxylic acids is 1. The molecule has 1 aliphatic heterocycles. The number of benzene rings is 1. The van der Waals surface area contributed by atoms with E-state index in [4.69, 9.17) is 10.5 Å². The van der Waals surface area contributed by atoms with E-state index in [-0.39, 0.29) is 30.0 Å². The van der Waals surface area contributed by atoms with Crippen LogP contribution in [0.4, 0.5) is 8.78 Å². The largest absolute Gasteiger partial charge is 0.376 e. The minimum absolute atomic E-state index is 0.0359. The summed E-state index contributed by atoms with van der Waals surface area (Å²) in [5.41, 5.74) is 7.07. The molecule has 2 atom stereocenters. The van der Waals surface area contributed by atoms with Crippen LogP contribution >= 0.6 is 0 Å². The van der Waals surface area contributed by atoms with Gasteiger partial charge in [0, 0.05) is 19.5 Å². The van der Waals surface area contributed by atoms with Crippen molar-refractivity contribution < 1.29 is 18.3 Å². The maximum Gasteiger partial charge on any atom is 0.219 e. The van der Waals surface area contributed by atoms with Gasteiger partial charge >= 0.3 is 0 Å². The Balaban J connectivity index is 1.50. The van der Waals surface area contributed by atoms with E-state index >= 15 is 0 Å². The molecule has 1 heterocycles. The summed E-state index contributed by atoms with van der Waals surface area (Å²) in [5, 5.41) is 0. The van der Waals surface area contributed by atoms with Gasteiger partial charge in [-0.15, -0.1) is 0 Å². The van der Waals surface area contributed by atoms with Gasteiger partial charge in [0.05, 0.1) is 18.8 Å². The molecule has 0 aromatic heterocycles. The van der Waals surface area contributed by atoms with Gasteiger partial charge in [-0.25, -0.2) is 8.78 Å². The molecule has 4 nitrogen and oxygen atoms in total. The minimum atomic E-state index is -0.801. The van der Waals surface area contributed by atoms with Gasteiger partial charge in [-0.2, -0.15) is 0 Å². The van der Waals surface area contributed by atoms with E-state index in [1.165, 1.54) is 12.1 Å². The number of halogens is 2. The third-order valence-corrected chi connectivity index (χ3v) is 5.83. The predicted molar refractivity (Wildman–Crippen MR) is 95.7 cm³/mol. The average molecular weight is 366 g/mol. The van der Waals surface area contributed by atoms with Crippen molar-refractivity contribution in [2.45, 2.75) is 69.6 Å². The molecule has 0 spiro atoms. The zero-order chi connectivity index (χ0) is 18.7. The highest BCUT2D eigenvalue weighted by atomic mass is 19.2. The second-order valence-electron chi connectivity index (χ2n) is 7.57. The van der Waals surface area contributed by atoms with Crippen molar-refractivity contribution in [3.8, 4) is 0 Å². The average Bonchev–Trinajstić information content (AvgIpc) is 2.63. The maximum atomic E-state index is 13.4. The Hall–Kier alpha value is -1.53. The van der Waals surface area contributed by atoms with E-state index in [2.05, 4.69) is 0 Å². The number of nitrogens with two attached hydrogens (primary N) is 1. The topological polar surface area (TPSA) is 55.6 Å². The van der Waals surface area contributed by atoms with Crippen LogP contribution in [0.25, 0.3) is 0 Å². The number of hydrogen-bond acceptors (Lipinski definition) is 3. The number of piperidine rings is 1. The highest BCUT2D eigenvalue weighted by Gasteiger charge is 2.32. The zero-order valence-corrected chi connectivity index (χ0v) is 15.3. The number of carbonyl (C=O) groups is 1. The zero-order valence-electron chi connectivity index (χ0n) is 15.3. The first-order valence-corrected chi connectivity index (χ1v) is 9.55.